The molecule has 110 valence electrons. The number of carboxylic acid groups (broad SMARTS) is 1. The van der Waals surface area contributed by atoms with Gasteiger partial charge in [-0.25, -0.2) is 14.4 Å². The molecule has 0 spiro atoms. The summed E-state index contributed by atoms with van der Waals surface area (Å²) in [6.45, 7) is 0. The smallest absolute Gasteiger partial charge is 0.316 e. The number of carbonyl (C=O) groups excluding carboxylic acids is 3. The number of aliphatic carboxylic acids is 1. The van der Waals surface area contributed by atoms with Gasteiger partial charge in [-0.2, -0.15) is 0 Å². The van der Waals surface area contributed by atoms with Crippen molar-refractivity contribution in [2.24, 2.45) is 0 Å². The van der Waals surface area contributed by atoms with Crippen LogP contribution in [0.25, 0.3) is 16.3 Å². The molecule has 23 heavy (non-hydrogen) atoms. The maximum Gasteiger partial charge on any atom is 0.316 e. The molecule has 1 aliphatic rings. The van der Waals surface area contributed by atoms with Gasteiger partial charge in [-0.3, -0.25) is 4.79 Å². The molecule has 0 aliphatic heterocycles. The van der Waals surface area contributed by atoms with Crippen LogP contribution in [0.15, 0.2) is 47.5 Å². The Bertz CT molecular complexity index is 1010. The third kappa shape index (κ3) is 2.06. The Morgan fingerprint density at radius 2 is 1.52 bits per heavy atom. The number of rotatable bonds is 1. The Morgan fingerprint density at radius 3 is 2.04 bits per heavy atom. The summed E-state index contributed by atoms with van der Waals surface area (Å²) < 4.78 is 0. The van der Waals surface area contributed by atoms with Gasteiger partial charge in [0.1, 0.15) is 23.7 Å². The standard InChI is InChI=1S/C18H8O5/c19-7-14-12-5-10-3-1-2-4-11(10)6-13(12)17(18(22)23)16(9-21)15(14)8-20/h1-6,17H,(H,22,23). The van der Waals surface area contributed by atoms with Crippen LogP contribution in [0.1, 0.15) is 17.0 Å². The number of benzene rings is 2. The highest BCUT2D eigenvalue weighted by Crippen LogP contribution is 2.43. The van der Waals surface area contributed by atoms with Crippen LogP contribution in [-0.4, -0.2) is 28.9 Å². The third-order valence-corrected chi connectivity index (χ3v) is 3.87. The van der Waals surface area contributed by atoms with Crippen molar-refractivity contribution < 1.29 is 24.3 Å². The molecule has 0 saturated heterocycles. The van der Waals surface area contributed by atoms with E-state index in [1.807, 2.05) is 0 Å². The van der Waals surface area contributed by atoms with Gasteiger partial charge in [0, 0.05) is 0 Å². The van der Waals surface area contributed by atoms with E-state index in [2.05, 4.69) is 0 Å². The van der Waals surface area contributed by atoms with E-state index in [4.69, 9.17) is 0 Å². The minimum Gasteiger partial charge on any atom is -0.481 e. The lowest BCUT2D eigenvalue weighted by Gasteiger charge is -2.24. The molecule has 0 heterocycles. The van der Waals surface area contributed by atoms with Gasteiger partial charge in [-0.15, -0.1) is 0 Å². The molecule has 1 N–H and O–H groups in total. The predicted molar refractivity (Wildman–Crippen MR) is 81.8 cm³/mol. The Balaban J connectivity index is 2.51. The van der Waals surface area contributed by atoms with Gasteiger partial charge in [0.25, 0.3) is 0 Å². The second-order valence-electron chi connectivity index (χ2n) is 5.03. The van der Waals surface area contributed by atoms with E-state index in [0.29, 0.717) is 0 Å². The van der Waals surface area contributed by atoms with Crippen molar-refractivity contribution in [1.29, 1.82) is 0 Å². The predicted octanol–water partition coefficient (Wildman–Crippen LogP) is 1.75. The third-order valence-electron chi connectivity index (χ3n) is 3.87. The molecule has 1 atom stereocenters. The summed E-state index contributed by atoms with van der Waals surface area (Å²) in [5.74, 6) is 1.90. The highest BCUT2D eigenvalue weighted by molar-refractivity contribution is 6.13. The Kier molecular flexibility index (Phi) is 3.38. The van der Waals surface area contributed by atoms with E-state index in [0.717, 1.165) is 10.8 Å². The first-order valence-corrected chi connectivity index (χ1v) is 6.64. The van der Waals surface area contributed by atoms with Crippen molar-refractivity contribution in [3.63, 3.8) is 0 Å². The molecule has 5 nitrogen and oxygen atoms in total. The molecule has 1 unspecified atom stereocenters. The van der Waals surface area contributed by atoms with Crippen LogP contribution >= 0.6 is 0 Å². The van der Waals surface area contributed by atoms with Gasteiger partial charge >= 0.3 is 5.97 Å². The van der Waals surface area contributed by atoms with Gasteiger partial charge < -0.3 is 5.11 Å². The van der Waals surface area contributed by atoms with E-state index in [1.165, 1.54) is 11.9 Å². The van der Waals surface area contributed by atoms with Crippen molar-refractivity contribution in [3.05, 3.63) is 58.7 Å². The quantitative estimate of drug-likeness (QED) is 0.811. The fourth-order valence-electron chi connectivity index (χ4n) is 2.86. The first-order chi connectivity index (χ1) is 11.1. The number of carbonyl (C=O) groups is 1. The molecule has 3 rings (SSSR count). The zero-order valence-electron chi connectivity index (χ0n) is 11.6. The van der Waals surface area contributed by atoms with E-state index in [-0.39, 0.29) is 16.7 Å². The first kappa shape index (κ1) is 14.5. The number of carboxylic acids is 1. The van der Waals surface area contributed by atoms with Crippen molar-refractivity contribution in [2.45, 2.75) is 5.92 Å². The normalized spacial score (nSPS) is 16.3. The summed E-state index contributed by atoms with van der Waals surface area (Å²) in [7, 11) is 0. The molecule has 0 saturated carbocycles. The SMILES string of the molecule is O=C=C1C(=C=O)c2cc3ccccc3cc2C(C(=O)O)C1=C=O. The molecular weight excluding hydrogens is 296 g/mol. The van der Waals surface area contributed by atoms with Crippen LogP contribution in [-0.2, 0) is 19.2 Å². The van der Waals surface area contributed by atoms with Crippen LogP contribution in [0.2, 0.25) is 0 Å². The van der Waals surface area contributed by atoms with E-state index in [9.17, 15) is 24.3 Å². The van der Waals surface area contributed by atoms with Gasteiger partial charge in [0.05, 0.1) is 16.7 Å². The fourth-order valence-corrected chi connectivity index (χ4v) is 2.86. The zero-order chi connectivity index (χ0) is 16.6. The van der Waals surface area contributed by atoms with Crippen LogP contribution in [0.3, 0.4) is 0 Å². The molecule has 0 amide bonds. The highest BCUT2D eigenvalue weighted by atomic mass is 16.4. The number of hydrogen-bond donors (Lipinski definition) is 1. The van der Waals surface area contributed by atoms with Crippen LogP contribution < -0.4 is 0 Å². The minimum absolute atomic E-state index is 0.170. The maximum atomic E-state index is 11.6. The van der Waals surface area contributed by atoms with Crippen molar-refractivity contribution in [3.8, 4) is 0 Å². The highest BCUT2D eigenvalue weighted by Gasteiger charge is 2.38. The molecule has 0 aromatic heterocycles. The summed E-state index contributed by atoms with van der Waals surface area (Å²) >= 11 is 0. The summed E-state index contributed by atoms with van der Waals surface area (Å²) in [5.41, 5.74) is -0.453. The monoisotopic (exact) mass is 304 g/mol. The average Bonchev–Trinajstić information content (AvgIpc) is 2.57. The Labute approximate surface area is 129 Å². The molecule has 0 bridgehead atoms. The number of fused-ring (bicyclic) bond motifs is 2. The largest absolute Gasteiger partial charge is 0.481 e. The summed E-state index contributed by atoms with van der Waals surface area (Å²) in [6, 6.07) is 10.4. The summed E-state index contributed by atoms with van der Waals surface area (Å²) in [6.07, 6.45) is 0. The second-order valence-corrected chi connectivity index (χ2v) is 5.03. The molecule has 5 heteroatoms. The molecule has 0 radical (unpaired) electrons. The van der Waals surface area contributed by atoms with Crippen molar-refractivity contribution in [2.75, 3.05) is 0 Å². The Morgan fingerprint density at radius 1 is 0.913 bits per heavy atom. The average molecular weight is 304 g/mol. The summed E-state index contributed by atoms with van der Waals surface area (Å²) in [5, 5.41) is 11.0. The number of allylic oxidation sites excluding steroid dienone is 2. The van der Waals surface area contributed by atoms with Gasteiger partial charge in [-0.05, 0) is 34.0 Å². The lowest BCUT2D eigenvalue weighted by atomic mass is 9.74. The zero-order valence-corrected chi connectivity index (χ0v) is 11.6. The van der Waals surface area contributed by atoms with E-state index < -0.39 is 23.0 Å². The molecule has 0 fully saturated rings. The van der Waals surface area contributed by atoms with Gasteiger partial charge in [0.2, 0.25) is 0 Å². The Hall–Kier alpha value is -3.48. The fraction of sp³-hybridized carbons (Fsp3) is 0.0556. The van der Waals surface area contributed by atoms with Crippen molar-refractivity contribution >= 4 is 40.1 Å². The lowest BCUT2D eigenvalue weighted by molar-refractivity contribution is -0.137. The summed E-state index contributed by atoms with van der Waals surface area (Å²) in [4.78, 5) is 45.3. The molecule has 2 aromatic carbocycles. The number of hydrogen-bond acceptors (Lipinski definition) is 4. The first-order valence-electron chi connectivity index (χ1n) is 6.64. The van der Waals surface area contributed by atoms with Gasteiger partial charge in [-0.1, -0.05) is 24.3 Å². The molecule has 1 aliphatic carbocycles. The van der Waals surface area contributed by atoms with Crippen molar-refractivity contribution in [1.82, 2.24) is 0 Å². The van der Waals surface area contributed by atoms with Gasteiger partial charge in [0.15, 0.2) is 0 Å². The topological polar surface area (TPSA) is 88.5 Å². The molecule has 2 aromatic rings. The van der Waals surface area contributed by atoms with Crippen LogP contribution in [0, 0.1) is 0 Å². The van der Waals surface area contributed by atoms with Crippen LogP contribution in [0.4, 0.5) is 0 Å². The van der Waals surface area contributed by atoms with E-state index >= 15 is 0 Å². The van der Waals surface area contributed by atoms with E-state index in [1.54, 1.807) is 42.3 Å². The minimum atomic E-state index is -1.37. The molecular formula is C18H8O5. The lowest BCUT2D eigenvalue weighted by Crippen LogP contribution is -2.23. The van der Waals surface area contributed by atoms with Crippen LogP contribution in [0.5, 0.6) is 0 Å². The second kappa shape index (κ2) is 5.38. The maximum absolute atomic E-state index is 11.6.